The minimum Gasteiger partial charge on any atom is -0.486 e. The van der Waals surface area contributed by atoms with Crippen LogP contribution in [0, 0.1) is 6.92 Å². The van der Waals surface area contributed by atoms with Gasteiger partial charge in [0.1, 0.15) is 11.4 Å². The molecule has 1 saturated heterocycles. The molecule has 2 aromatic rings. The number of carbonyl (C=O) groups excluding carboxylic acids is 3. The highest BCUT2D eigenvalue weighted by molar-refractivity contribution is 6.36. The lowest BCUT2D eigenvalue weighted by atomic mass is 9.82. The van der Waals surface area contributed by atoms with Gasteiger partial charge in [0.25, 0.3) is 5.91 Å². The first-order valence-electron chi connectivity index (χ1n) is 10.2. The Hall–Kier alpha value is -2.28. The van der Waals surface area contributed by atoms with E-state index in [-0.39, 0.29) is 35.2 Å². The van der Waals surface area contributed by atoms with Crippen LogP contribution in [0.15, 0.2) is 30.3 Å². The van der Waals surface area contributed by atoms with Gasteiger partial charge in [-0.3, -0.25) is 14.4 Å². The molecule has 2 aromatic carbocycles. The van der Waals surface area contributed by atoms with Crippen LogP contribution >= 0.6 is 34.8 Å². The summed E-state index contributed by atoms with van der Waals surface area (Å²) in [5.41, 5.74) is 0.967. The zero-order valence-corrected chi connectivity index (χ0v) is 19.6. The highest BCUT2D eigenvalue weighted by atomic mass is 35.5. The van der Waals surface area contributed by atoms with E-state index in [0.29, 0.717) is 47.3 Å². The van der Waals surface area contributed by atoms with Crippen molar-refractivity contribution in [3.63, 3.8) is 0 Å². The van der Waals surface area contributed by atoms with Gasteiger partial charge in [0.15, 0.2) is 5.78 Å². The summed E-state index contributed by atoms with van der Waals surface area (Å²) in [6.07, 6.45) is 1.32. The monoisotopic (exact) mass is 494 g/mol. The Bertz CT molecular complexity index is 1110. The molecular formula is C23H21Cl3N2O4. The first-order valence-corrected chi connectivity index (χ1v) is 11.3. The SMILES string of the molecule is Cc1cc(Cl)cc2c1OC1(CCN(C(=O)CNC(=O)c3ccc(Cl)cc3Cl)CC1)CC2=O. The van der Waals surface area contributed by atoms with Gasteiger partial charge in [-0.15, -0.1) is 0 Å². The van der Waals surface area contributed by atoms with Crippen molar-refractivity contribution < 1.29 is 19.1 Å². The third-order valence-electron chi connectivity index (χ3n) is 5.94. The minimum atomic E-state index is -0.625. The Morgan fingerprint density at radius 3 is 2.50 bits per heavy atom. The number of benzene rings is 2. The predicted octanol–water partition coefficient (Wildman–Crippen LogP) is 4.71. The number of nitrogens with zero attached hydrogens (tertiary/aromatic N) is 1. The number of rotatable bonds is 3. The van der Waals surface area contributed by atoms with Crippen LogP contribution in [0.5, 0.6) is 5.75 Å². The molecule has 2 aliphatic rings. The zero-order valence-electron chi connectivity index (χ0n) is 17.3. The van der Waals surface area contributed by atoms with Crippen LogP contribution in [0.25, 0.3) is 0 Å². The number of ketones is 1. The minimum absolute atomic E-state index is 0.00346. The first-order chi connectivity index (χ1) is 15.2. The van der Waals surface area contributed by atoms with E-state index < -0.39 is 11.5 Å². The Kier molecular flexibility index (Phi) is 6.39. The molecule has 0 atom stereocenters. The maximum absolute atomic E-state index is 12.8. The van der Waals surface area contributed by atoms with Crippen LogP contribution in [-0.2, 0) is 4.79 Å². The number of hydrogen-bond acceptors (Lipinski definition) is 4. The number of halogens is 3. The summed E-state index contributed by atoms with van der Waals surface area (Å²) in [5, 5.41) is 3.76. The molecule has 1 fully saturated rings. The Morgan fingerprint density at radius 1 is 1.09 bits per heavy atom. The molecule has 168 valence electrons. The van der Waals surface area contributed by atoms with Crippen molar-refractivity contribution in [3.05, 3.63) is 62.1 Å². The molecule has 1 spiro atoms. The smallest absolute Gasteiger partial charge is 0.253 e. The Balaban J connectivity index is 1.36. The molecule has 0 aromatic heterocycles. The lowest BCUT2D eigenvalue weighted by Gasteiger charge is -2.44. The number of aryl methyl sites for hydroxylation is 1. The van der Waals surface area contributed by atoms with E-state index in [1.54, 1.807) is 23.1 Å². The molecule has 32 heavy (non-hydrogen) atoms. The van der Waals surface area contributed by atoms with Crippen molar-refractivity contribution in [2.45, 2.75) is 31.8 Å². The number of likely N-dealkylation sites (tertiary alicyclic amines) is 1. The van der Waals surface area contributed by atoms with E-state index >= 15 is 0 Å². The summed E-state index contributed by atoms with van der Waals surface area (Å²) in [6.45, 7) is 2.59. The molecule has 2 amide bonds. The van der Waals surface area contributed by atoms with Crippen LogP contribution < -0.4 is 10.1 Å². The second kappa shape index (κ2) is 8.93. The van der Waals surface area contributed by atoms with E-state index in [9.17, 15) is 14.4 Å². The van der Waals surface area contributed by atoms with Gasteiger partial charge >= 0.3 is 0 Å². The summed E-state index contributed by atoms with van der Waals surface area (Å²) in [6, 6.07) is 7.98. The number of amides is 2. The van der Waals surface area contributed by atoms with Crippen molar-refractivity contribution in [1.29, 1.82) is 0 Å². The van der Waals surface area contributed by atoms with Gasteiger partial charge in [0.2, 0.25) is 5.91 Å². The van der Waals surface area contributed by atoms with Crippen molar-refractivity contribution in [2.24, 2.45) is 0 Å². The molecule has 1 N–H and O–H groups in total. The highest BCUT2D eigenvalue weighted by Gasteiger charge is 2.44. The lowest BCUT2D eigenvalue weighted by molar-refractivity contribution is -0.133. The van der Waals surface area contributed by atoms with Crippen LogP contribution in [0.4, 0.5) is 0 Å². The second-order valence-electron chi connectivity index (χ2n) is 8.17. The van der Waals surface area contributed by atoms with E-state index in [2.05, 4.69) is 5.32 Å². The summed E-state index contributed by atoms with van der Waals surface area (Å²) >= 11 is 18.0. The number of hydrogen-bond donors (Lipinski definition) is 1. The van der Waals surface area contributed by atoms with Gasteiger partial charge in [0.05, 0.1) is 29.1 Å². The van der Waals surface area contributed by atoms with Gasteiger partial charge in [0, 0.05) is 36.0 Å². The zero-order chi connectivity index (χ0) is 23.0. The maximum Gasteiger partial charge on any atom is 0.253 e. The fourth-order valence-corrected chi connectivity index (χ4v) is 4.96. The number of nitrogens with one attached hydrogen (secondary N) is 1. The van der Waals surface area contributed by atoms with Gasteiger partial charge in [-0.2, -0.15) is 0 Å². The van der Waals surface area contributed by atoms with Crippen LogP contribution in [0.3, 0.4) is 0 Å². The highest BCUT2D eigenvalue weighted by Crippen LogP contribution is 2.42. The fourth-order valence-electron chi connectivity index (χ4n) is 4.19. The van der Waals surface area contributed by atoms with E-state index in [4.69, 9.17) is 39.5 Å². The summed E-state index contributed by atoms with van der Waals surface area (Å²) in [7, 11) is 0. The number of piperidine rings is 1. The van der Waals surface area contributed by atoms with Gasteiger partial charge < -0.3 is 15.0 Å². The van der Waals surface area contributed by atoms with Crippen molar-refractivity contribution >= 4 is 52.4 Å². The lowest BCUT2D eigenvalue weighted by Crippen LogP contribution is -2.53. The quantitative estimate of drug-likeness (QED) is 0.669. The molecule has 0 bridgehead atoms. The average molecular weight is 496 g/mol. The van der Waals surface area contributed by atoms with Crippen LogP contribution in [-0.4, -0.2) is 47.7 Å². The predicted molar refractivity (Wildman–Crippen MR) is 123 cm³/mol. The molecular weight excluding hydrogens is 475 g/mol. The molecule has 0 unspecified atom stereocenters. The molecule has 0 radical (unpaired) electrons. The van der Waals surface area contributed by atoms with Gasteiger partial charge in [-0.25, -0.2) is 0 Å². The molecule has 0 aliphatic carbocycles. The fraction of sp³-hybridized carbons (Fsp3) is 0.348. The van der Waals surface area contributed by atoms with Crippen molar-refractivity contribution in [2.75, 3.05) is 19.6 Å². The van der Waals surface area contributed by atoms with Crippen molar-refractivity contribution in [3.8, 4) is 5.75 Å². The standard InChI is InChI=1S/C23H21Cl3N2O4/c1-13-8-15(25)9-17-19(29)11-23(32-21(13)17)4-6-28(7-5-23)20(30)12-27-22(31)16-3-2-14(24)10-18(16)26/h2-3,8-10H,4-7,11-12H2,1H3,(H,27,31). The van der Waals surface area contributed by atoms with Crippen molar-refractivity contribution in [1.82, 2.24) is 10.2 Å². The third-order valence-corrected chi connectivity index (χ3v) is 6.71. The average Bonchev–Trinajstić information content (AvgIpc) is 2.73. The Labute approximate surface area is 200 Å². The van der Waals surface area contributed by atoms with E-state index in [0.717, 1.165) is 5.56 Å². The largest absolute Gasteiger partial charge is 0.486 e. The number of fused-ring (bicyclic) bond motifs is 1. The van der Waals surface area contributed by atoms with Gasteiger partial charge in [-0.05, 0) is 42.8 Å². The number of Topliss-reactive ketones (excluding diaryl/α,β-unsaturated/α-hetero) is 1. The summed E-state index contributed by atoms with van der Waals surface area (Å²) in [5.74, 6) is -0.0644. The molecule has 2 heterocycles. The van der Waals surface area contributed by atoms with Crippen LogP contribution in [0.2, 0.25) is 15.1 Å². The normalized spacial score (nSPS) is 17.0. The number of ether oxygens (including phenoxy) is 1. The van der Waals surface area contributed by atoms with E-state index in [1.165, 1.54) is 12.1 Å². The summed E-state index contributed by atoms with van der Waals surface area (Å²) in [4.78, 5) is 39.4. The third kappa shape index (κ3) is 4.58. The molecule has 6 nitrogen and oxygen atoms in total. The molecule has 0 saturated carbocycles. The molecule has 2 aliphatic heterocycles. The Morgan fingerprint density at radius 2 is 1.81 bits per heavy atom. The summed E-state index contributed by atoms with van der Waals surface area (Å²) < 4.78 is 6.31. The number of carbonyl (C=O) groups is 3. The van der Waals surface area contributed by atoms with Crippen LogP contribution in [0.1, 0.15) is 45.5 Å². The molecule has 4 rings (SSSR count). The second-order valence-corrected chi connectivity index (χ2v) is 9.45. The first kappa shape index (κ1) is 22.9. The maximum atomic E-state index is 12.8. The molecule has 9 heteroatoms. The van der Waals surface area contributed by atoms with Gasteiger partial charge in [-0.1, -0.05) is 34.8 Å². The van der Waals surface area contributed by atoms with E-state index in [1.807, 2.05) is 6.92 Å². The topological polar surface area (TPSA) is 75.7 Å².